The van der Waals surface area contributed by atoms with Crippen LogP contribution in [0.2, 0.25) is 0 Å². The molecule has 0 spiro atoms. The smallest absolute Gasteiger partial charge is 0.111 e. The fourth-order valence-electron chi connectivity index (χ4n) is 2.06. The monoisotopic (exact) mass is 194 g/mol. The molecule has 2 heterocycles. The average Bonchev–Trinajstić information content (AvgIpc) is 2.47. The molecular weight excluding hydrogens is 176 g/mol. The number of aliphatic hydroxyl groups is 1. The Labute approximate surface area is 84.8 Å². The molecule has 0 saturated heterocycles. The SMILES string of the molecule is CC(C)Cc1cnc2n1CCC(O)C2. The van der Waals surface area contributed by atoms with Crippen LogP contribution in [0.1, 0.15) is 31.8 Å². The molecule has 1 aromatic rings. The summed E-state index contributed by atoms with van der Waals surface area (Å²) in [5.74, 6) is 1.72. The Hall–Kier alpha value is -0.830. The molecule has 0 amide bonds. The van der Waals surface area contributed by atoms with Gasteiger partial charge < -0.3 is 9.67 Å². The molecule has 2 rings (SSSR count). The van der Waals surface area contributed by atoms with Gasteiger partial charge in [-0.1, -0.05) is 13.8 Å². The molecule has 1 aliphatic rings. The third-order valence-corrected chi connectivity index (χ3v) is 2.74. The maximum atomic E-state index is 9.49. The van der Waals surface area contributed by atoms with Crippen LogP contribution in [0.3, 0.4) is 0 Å². The van der Waals surface area contributed by atoms with E-state index in [0.29, 0.717) is 5.92 Å². The standard InChI is InChI=1S/C11H18N2O/c1-8(2)5-9-7-12-11-6-10(14)3-4-13(9)11/h7-8,10,14H,3-6H2,1-2H3. The van der Waals surface area contributed by atoms with Crippen molar-refractivity contribution in [3.8, 4) is 0 Å². The van der Waals surface area contributed by atoms with Gasteiger partial charge in [-0.05, 0) is 18.8 Å². The summed E-state index contributed by atoms with van der Waals surface area (Å²) in [7, 11) is 0. The van der Waals surface area contributed by atoms with E-state index in [-0.39, 0.29) is 6.10 Å². The first-order valence-electron chi connectivity index (χ1n) is 5.38. The molecule has 0 fully saturated rings. The Morgan fingerprint density at radius 1 is 1.64 bits per heavy atom. The highest BCUT2D eigenvalue weighted by atomic mass is 16.3. The van der Waals surface area contributed by atoms with Gasteiger partial charge in [0.05, 0.1) is 6.10 Å². The van der Waals surface area contributed by atoms with Gasteiger partial charge in [0, 0.05) is 24.9 Å². The molecule has 14 heavy (non-hydrogen) atoms. The largest absolute Gasteiger partial charge is 0.393 e. The van der Waals surface area contributed by atoms with E-state index in [9.17, 15) is 5.11 Å². The maximum absolute atomic E-state index is 9.49. The van der Waals surface area contributed by atoms with E-state index >= 15 is 0 Å². The minimum atomic E-state index is -0.184. The Kier molecular flexibility index (Phi) is 2.59. The van der Waals surface area contributed by atoms with E-state index in [1.807, 2.05) is 6.20 Å². The number of hydrogen-bond acceptors (Lipinski definition) is 2. The van der Waals surface area contributed by atoms with Gasteiger partial charge in [0.25, 0.3) is 0 Å². The summed E-state index contributed by atoms with van der Waals surface area (Å²) >= 11 is 0. The molecule has 0 aromatic carbocycles. The van der Waals surface area contributed by atoms with Crippen molar-refractivity contribution in [2.45, 2.75) is 45.8 Å². The van der Waals surface area contributed by atoms with Crippen LogP contribution in [0.4, 0.5) is 0 Å². The third-order valence-electron chi connectivity index (χ3n) is 2.74. The lowest BCUT2D eigenvalue weighted by Crippen LogP contribution is -2.24. The Balaban J connectivity index is 2.20. The summed E-state index contributed by atoms with van der Waals surface area (Å²) in [6.07, 6.45) is 4.46. The number of hydrogen-bond donors (Lipinski definition) is 1. The number of aliphatic hydroxyl groups excluding tert-OH is 1. The van der Waals surface area contributed by atoms with Gasteiger partial charge in [0.1, 0.15) is 5.82 Å². The molecule has 3 heteroatoms. The van der Waals surface area contributed by atoms with Gasteiger partial charge in [-0.2, -0.15) is 0 Å². The molecule has 1 aromatic heterocycles. The predicted molar refractivity (Wildman–Crippen MR) is 55.1 cm³/mol. The lowest BCUT2D eigenvalue weighted by atomic mass is 10.1. The number of nitrogens with zero attached hydrogens (tertiary/aromatic N) is 2. The molecule has 1 atom stereocenters. The first-order chi connectivity index (χ1) is 6.66. The highest BCUT2D eigenvalue weighted by molar-refractivity contribution is 5.09. The van der Waals surface area contributed by atoms with Crippen LogP contribution in [0.5, 0.6) is 0 Å². The molecule has 78 valence electrons. The number of rotatable bonds is 2. The first-order valence-corrected chi connectivity index (χ1v) is 5.38. The fourth-order valence-corrected chi connectivity index (χ4v) is 2.06. The van der Waals surface area contributed by atoms with E-state index in [4.69, 9.17) is 0 Å². The van der Waals surface area contributed by atoms with Crippen LogP contribution in [-0.4, -0.2) is 20.8 Å². The molecule has 1 unspecified atom stereocenters. The summed E-state index contributed by atoms with van der Waals surface area (Å²) in [6, 6.07) is 0. The van der Waals surface area contributed by atoms with Gasteiger partial charge in [0.15, 0.2) is 0 Å². The third kappa shape index (κ3) is 1.82. The van der Waals surface area contributed by atoms with E-state index in [2.05, 4.69) is 23.4 Å². The zero-order valence-electron chi connectivity index (χ0n) is 8.90. The second kappa shape index (κ2) is 3.73. The zero-order valence-corrected chi connectivity index (χ0v) is 8.90. The maximum Gasteiger partial charge on any atom is 0.111 e. The summed E-state index contributed by atoms with van der Waals surface area (Å²) in [5, 5.41) is 9.49. The first kappa shape index (κ1) is 9.71. The Morgan fingerprint density at radius 3 is 3.14 bits per heavy atom. The summed E-state index contributed by atoms with van der Waals surface area (Å²) < 4.78 is 2.27. The van der Waals surface area contributed by atoms with Crippen LogP contribution in [0.25, 0.3) is 0 Å². The highest BCUT2D eigenvalue weighted by Gasteiger charge is 2.19. The molecular formula is C11H18N2O. The van der Waals surface area contributed by atoms with Crippen molar-refractivity contribution in [2.24, 2.45) is 5.92 Å². The van der Waals surface area contributed by atoms with Crippen molar-refractivity contribution in [2.75, 3.05) is 0 Å². The van der Waals surface area contributed by atoms with Gasteiger partial charge in [-0.25, -0.2) is 4.98 Å². The second-order valence-electron chi connectivity index (χ2n) is 4.56. The van der Waals surface area contributed by atoms with Crippen LogP contribution in [0, 0.1) is 5.92 Å². The number of aromatic nitrogens is 2. The Bertz CT molecular complexity index is 317. The molecule has 0 bridgehead atoms. The van der Waals surface area contributed by atoms with Crippen molar-refractivity contribution in [3.05, 3.63) is 17.7 Å². The molecule has 1 aliphatic heterocycles. The lowest BCUT2D eigenvalue weighted by molar-refractivity contribution is 0.141. The minimum absolute atomic E-state index is 0.184. The van der Waals surface area contributed by atoms with Crippen LogP contribution in [-0.2, 0) is 19.4 Å². The number of imidazole rings is 1. The van der Waals surface area contributed by atoms with E-state index in [0.717, 1.165) is 31.6 Å². The normalized spacial score (nSPS) is 21.3. The van der Waals surface area contributed by atoms with E-state index < -0.39 is 0 Å². The summed E-state index contributed by atoms with van der Waals surface area (Å²) in [6.45, 7) is 5.37. The molecule has 0 saturated carbocycles. The van der Waals surface area contributed by atoms with Crippen molar-refractivity contribution in [3.63, 3.8) is 0 Å². The molecule has 3 nitrogen and oxygen atoms in total. The minimum Gasteiger partial charge on any atom is -0.393 e. The summed E-state index contributed by atoms with van der Waals surface area (Å²) in [5.41, 5.74) is 1.32. The second-order valence-corrected chi connectivity index (χ2v) is 4.56. The van der Waals surface area contributed by atoms with Gasteiger partial charge in [0.2, 0.25) is 0 Å². The van der Waals surface area contributed by atoms with E-state index in [1.165, 1.54) is 5.69 Å². The van der Waals surface area contributed by atoms with Crippen LogP contribution < -0.4 is 0 Å². The van der Waals surface area contributed by atoms with Gasteiger partial charge >= 0.3 is 0 Å². The van der Waals surface area contributed by atoms with Crippen molar-refractivity contribution in [1.29, 1.82) is 0 Å². The Morgan fingerprint density at radius 2 is 2.43 bits per heavy atom. The molecule has 1 N–H and O–H groups in total. The van der Waals surface area contributed by atoms with Crippen LogP contribution in [0.15, 0.2) is 6.20 Å². The van der Waals surface area contributed by atoms with E-state index in [1.54, 1.807) is 0 Å². The number of fused-ring (bicyclic) bond motifs is 1. The molecule has 0 aliphatic carbocycles. The molecule has 0 radical (unpaired) electrons. The predicted octanol–water partition coefficient (Wildman–Crippen LogP) is 1.39. The van der Waals surface area contributed by atoms with Gasteiger partial charge in [-0.3, -0.25) is 0 Å². The van der Waals surface area contributed by atoms with Crippen LogP contribution >= 0.6 is 0 Å². The fraction of sp³-hybridized carbons (Fsp3) is 0.727. The van der Waals surface area contributed by atoms with Crippen molar-refractivity contribution < 1.29 is 5.11 Å². The summed E-state index contributed by atoms with van der Waals surface area (Å²) in [4.78, 5) is 4.36. The average molecular weight is 194 g/mol. The van der Waals surface area contributed by atoms with Crippen molar-refractivity contribution >= 4 is 0 Å². The van der Waals surface area contributed by atoms with Gasteiger partial charge in [-0.15, -0.1) is 0 Å². The quantitative estimate of drug-likeness (QED) is 0.772. The zero-order chi connectivity index (χ0) is 10.1. The van der Waals surface area contributed by atoms with Crippen molar-refractivity contribution in [1.82, 2.24) is 9.55 Å². The topological polar surface area (TPSA) is 38.0 Å². The highest BCUT2D eigenvalue weighted by Crippen LogP contribution is 2.18. The lowest BCUT2D eigenvalue weighted by Gasteiger charge is -2.21.